The highest BCUT2D eigenvalue weighted by Gasteiger charge is 2.23. The van der Waals surface area contributed by atoms with Crippen molar-refractivity contribution in [2.24, 2.45) is 0 Å². The van der Waals surface area contributed by atoms with Gasteiger partial charge in [0.05, 0.1) is 19.4 Å². The van der Waals surface area contributed by atoms with Gasteiger partial charge in [0.2, 0.25) is 0 Å². The van der Waals surface area contributed by atoms with E-state index in [0.29, 0.717) is 18.3 Å². The fourth-order valence-electron chi connectivity index (χ4n) is 2.39. The first kappa shape index (κ1) is 15.9. The maximum Gasteiger partial charge on any atom is 0.256 e. The van der Waals surface area contributed by atoms with Gasteiger partial charge in [-0.05, 0) is 31.2 Å². The minimum absolute atomic E-state index is 0.160. The normalized spacial score (nSPS) is 17.7. The van der Waals surface area contributed by atoms with E-state index in [0.717, 1.165) is 28.4 Å². The van der Waals surface area contributed by atoms with Crippen molar-refractivity contribution >= 4 is 22.4 Å². The lowest BCUT2D eigenvalue weighted by Crippen LogP contribution is -2.45. The van der Waals surface area contributed by atoms with Gasteiger partial charge in [0, 0.05) is 23.5 Å². The van der Waals surface area contributed by atoms with Gasteiger partial charge in [-0.2, -0.15) is 0 Å². The van der Waals surface area contributed by atoms with Gasteiger partial charge >= 0.3 is 0 Å². The number of hydrogen-bond donors (Lipinski definition) is 2. The predicted octanol–water partition coefficient (Wildman–Crippen LogP) is 2.05. The number of aryl methyl sites for hydroxylation is 1. The Morgan fingerprint density at radius 3 is 2.87 bits per heavy atom. The van der Waals surface area contributed by atoms with Crippen LogP contribution in [0.2, 0.25) is 0 Å². The van der Waals surface area contributed by atoms with Crippen LogP contribution in [0.4, 0.5) is 5.13 Å². The van der Waals surface area contributed by atoms with Crippen molar-refractivity contribution in [2.75, 3.05) is 32.1 Å². The average Bonchev–Trinajstić information content (AvgIpc) is 2.96. The lowest BCUT2D eigenvalue weighted by atomic mass is 10.1. The third-order valence-electron chi connectivity index (χ3n) is 3.61. The van der Waals surface area contributed by atoms with Gasteiger partial charge in [0.1, 0.15) is 11.9 Å². The van der Waals surface area contributed by atoms with Gasteiger partial charge in [-0.25, -0.2) is 4.98 Å². The molecule has 1 amide bonds. The molecule has 1 aliphatic heterocycles. The summed E-state index contributed by atoms with van der Waals surface area (Å²) < 4.78 is 10.6. The summed E-state index contributed by atoms with van der Waals surface area (Å²) in [5, 5.41) is 6.57. The van der Waals surface area contributed by atoms with E-state index in [-0.39, 0.29) is 5.91 Å². The molecular formula is C16H19N3O3S. The zero-order chi connectivity index (χ0) is 16.2. The summed E-state index contributed by atoms with van der Waals surface area (Å²) in [6.07, 6.45) is -0.461. The topological polar surface area (TPSA) is 72.5 Å². The Bertz CT molecular complexity index is 678. The van der Waals surface area contributed by atoms with Gasteiger partial charge in [-0.3, -0.25) is 10.1 Å². The van der Waals surface area contributed by atoms with Crippen molar-refractivity contribution in [3.63, 3.8) is 0 Å². The standard InChI is InChI=1S/C16H19N3O3S/c1-10-14(11-3-5-12(21-2)6-4-11)18-16(23-10)19-15(20)13-9-17-7-8-22-13/h3-6,13,17H,7-9H2,1-2H3,(H,18,19,20). The van der Waals surface area contributed by atoms with Crippen molar-refractivity contribution in [3.8, 4) is 17.0 Å². The fourth-order valence-corrected chi connectivity index (χ4v) is 3.23. The lowest BCUT2D eigenvalue weighted by molar-refractivity contribution is -0.128. The number of ether oxygens (including phenoxy) is 2. The Kier molecular flexibility index (Phi) is 4.90. The summed E-state index contributed by atoms with van der Waals surface area (Å²) in [5.41, 5.74) is 1.87. The summed E-state index contributed by atoms with van der Waals surface area (Å²) in [7, 11) is 1.64. The van der Waals surface area contributed by atoms with Crippen LogP contribution in [0, 0.1) is 6.92 Å². The van der Waals surface area contributed by atoms with E-state index in [2.05, 4.69) is 15.6 Å². The molecule has 1 atom stereocenters. The van der Waals surface area contributed by atoms with Gasteiger partial charge in [-0.15, -0.1) is 11.3 Å². The van der Waals surface area contributed by atoms with E-state index in [1.165, 1.54) is 11.3 Å². The molecule has 0 bridgehead atoms. The van der Waals surface area contributed by atoms with E-state index in [1.54, 1.807) is 7.11 Å². The van der Waals surface area contributed by atoms with Crippen LogP contribution in [-0.2, 0) is 9.53 Å². The number of rotatable bonds is 4. The average molecular weight is 333 g/mol. The van der Waals surface area contributed by atoms with Crippen LogP contribution in [0.15, 0.2) is 24.3 Å². The number of amides is 1. The highest BCUT2D eigenvalue weighted by atomic mass is 32.1. The smallest absolute Gasteiger partial charge is 0.256 e. The number of nitrogens with zero attached hydrogens (tertiary/aromatic N) is 1. The van der Waals surface area contributed by atoms with Crippen molar-refractivity contribution in [3.05, 3.63) is 29.1 Å². The number of hydrogen-bond acceptors (Lipinski definition) is 6. The number of aromatic nitrogens is 1. The second-order valence-corrected chi connectivity index (χ2v) is 6.41. The van der Waals surface area contributed by atoms with Crippen LogP contribution >= 0.6 is 11.3 Å². The first-order valence-electron chi connectivity index (χ1n) is 7.42. The molecule has 122 valence electrons. The monoisotopic (exact) mass is 333 g/mol. The molecule has 2 heterocycles. The second kappa shape index (κ2) is 7.08. The Hall–Kier alpha value is -1.96. The number of thiazole rings is 1. The van der Waals surface area contributed by atoms with Crippen molar-refractivity contribution in [1.82, 2.24) is 10.3 Å². The van der Waals surface area contributed by atoms with Crippen LogP contribution in [0.3, 0.4) is 0 Å². The van der Waals surface area contributed by atoms with E-state index < -0.39 is 6.10 Å². The summed E-state index contributed by atoms with van der Waals surface area (Å²) in [6.45, 7) is 3.85. The zero-order valence-corrected chi connectivity index (χ0v) is 13.9. The molecule has 1 aromatic carbocycles. The molecule has 0 radical (unpaired) electrons. The molecule has 1 aromatic heterocycles. The fraction of sp³-hybridized carbons (Fsp3) is 0.375. The van der Waals surface area contributed by atoms with E-state index in [9.17, 15) is 4.79 Å². The summed E-state index contributed by atoms with van der Waals surface area (Å²) in [6, 6.07) is 7.71. The maximum absolute atomic E-state index is 12.2. The SMILES string of the molecule is COc1ccc(-c2nc(NC(=O)C3CNCCO3)sc2C)cc1. The molecule has 1 fully saturated rings. The van der Waals surface area contributed by atoms with Gasteiger partial charge in [-0.1, -0.05) is 0 Å². The molecule has 3 rings (SSSR count). The summed E-state index contributed by atoms with van der Waals surface area (Å²) in [5.74, 6) is 0.643. The molecule has 1 aliphatic rings. The molecule has 2 N–H and O–H groups in total. The second-order valence-electron chi connectivity index (χ2n) is 5.21. The van der Waals surface area contributed by atoms with E-state index in [1.807, 2.05) is 31.2 Å². The first-order chi connectivity index (χ1) is 11.2. The Morgan fingerprint density at radius 2 is 2.22 bits per heavy atom. The van der Waals surface area contributed by atoms with Crippen molar-refractivity contribution in [1.29, 1.82) is 0 Å². The number of morpholine rings is 1. The Balaban J connectivity index is 1.73. The molecular weight excluding hydrogens is 314 g/mol. The number of anilines is 1. The summed E-state index contributed by atoms with van der Waals surface area (Å²) >= 11 is 1.46. The zero-order valence-electron chi connectivity index (χ0n) is 13.1. The number of benzene rings is 1. The molecule has 1 unspecified atom stereocenters. The molecule has 0 saturated carbocycles. The quantitative estimate of drug-likeness (QED) is 0.896. The van der Waals surface area contributed by atoms with E-state index >= 15 is 0 Å². The van der Waals surface area contributed by atoms with E-state index in [4.69, 9.17) is 9.47 Å². The molecule has 6 nitrogen and oxygen atoms in total. The highest BCUT2D eigenvalue weighted by Crippen LogP contribution is 2.31. The number of nitrogens with one attached hydrogen (secondary N) is 2. The van der Waals surface area contributed by atoms with Crippen LogP contribution in [0.25, 0.3) is 11.3 Å². The first-order valence-corrected chi connectivity index (χ1v) is 8.24. The molecule has 0 spiro atoms. The van der Waals surface area contributed by atoms with Crippen molar-refractivity contribution in [2.45, 2.75) is 13.0 Å². The lowest BCUT2D eigenvalue weighted by Gasteiger charge is -2.22. The Morgan fingerprint density at radius 1 is 1.43 bits per heavy atom. The minimum Gasteiger partial charge on any atom is -0.497 e. The number of methoxy groups -OCH3 is 1. The maximum atomic E-state index is 12.2. The van der Waals surface area contributed by atoms with Crippen LogP contribution in [-0.4, -0.2) is 43.8 Å². The molecule has 0 aliphatic carbocycles. The highest BCUT2D eigenvalue weighted by molar-refractivity contribution is 7.16. The summed E-state index contributed by atoms with van der Waals surface area (Å²) in [4.78, 5) is 17.8. The number of carbonyl (C=O) groups is 1. The molecule has 23 heavy (non-hydrogen) atoms. The largest absolute Gasteiger partial charge is 0.497 e. The predicted molar refractivity (Wildman–Crippen MR) is 90.1 cm³/mol. The van der Waals surface area contributed by atoms with Gasteiger partial charge < -0.3 is 14.8 Å². The number of carbonyl (C=O) groups excluding carboxylic acids is 1. The van der Waals surface area contributed by atoms with Crippen molar-refractivity contribution < 1.29 is 14.3 Å². The third kappa shape index (κ3) is 3.69. The van der Waals surface area contributed by atoms with Crippen LogP contribution in [0.1, 0.15) is 4.88 Å². The molecule has 7 heteroatoms. The Labute approximate surface area is 138 Å². The molecule has 2 aromatic rings. The third-order valence-corrected chi connectivity index (χ3v) is 4.50. The van der Waals surface area contributed by atoms with Gasteiger partial charge in [0.15, 0.2) is 5.13 Å². The molecule has 1 saturated heterocycles. The van der Waals surface area contributed by atoms with Crippen LogP contribution in [0.5, 0.6) is 5.75 Å². The minimum atomic E-state index is -0.461. The van der Waals surface area contributed by atoms with Crippen LogP contribution < -0.4 is 15.4 Å². The van der Waals surface area contributed by atoms with Gasteiger partial charge in [0.25, 0.3) is 5.91 Å².